The van der Waals surface area contributed by atoms with Gasteiger partial charge in [-0.15, -0.1) is 0 Å². The van der Waals surface area contributed by atoms with Gasteiger partial charge in [0.1, 0.15) is 5.82 Å². The maximum absolute atomic E-state index is 14.5. The molecule has 0 spiro atoms. The maximum Gasteiger partial charge on any atom is 0.251 e. The van der Waals surface area contributed by atoms with E-state index < -0.39 is 6.04 Å². The Kier molecular flexibility index (Phi) is 7.82. The predicted octanol–water partition coefficient (Wildman–Crippen LogP) is 2.23. The molecule has 0 radical (unpaired) electrons. The highest BCUT2D eigenvalue weighted by atomic mass is 19.1. The first-order chi connectivity index (χ1) is 20.3. The lowest BCUT2D eigenvalue weighted by atomic mass is 9.87. The summed E-state index contributed by atoms with van der Waals surface area (Å²) < 4.78 is 19.8. The van der Waals surface area contributed by atoms with Crippen LogP contribution in [-0.4, -0.2) is 85.5 Å². The molecule has 6 rings (SSSR count). The number of amidine groups is 1. The number of nitrogens with zero attached hydrogens (tertiary/aromatic N) is 5. The summed E-state index contributed by atoms with van der Waals surface area (Å²) in [5.74, 6) is 1.93. The number of hydrogen-bond acceptors (Lipinski definition) is 10. The molecular weight excluding hydrogens is 539 g/mol. The van der Waals surface area contributed by atoms with Crippen molar-refractivity contribution < 1.29 is 18.8 Å². The lowest BCUT2D eigenvalue weighted by Gasteiger charge is -2.35. The van der Waals surface area contributed by atoms with Crippen LogP contribution in [0.25, 0.3) is 11.3 Å². The molecule has 0 saturated carbocycles. The Bertz CT molecular complexity index is 1460. The van der Waals surface area contributed by atoms with Crippen molar-refractivity contribution in [3.8, 4) is 17.1 Å². The number of halogens is 1. The van der Waals surface area contributed by atoms with Crippen molar-refractivity contribution in [2.45, 2.75) is 31.8 Å². The minimum absolute atomic E-state index is 0.0559. The lowest BCUT2D eigenvalue weighted by Crippen LogP contribution is -2.47. The van der Waals surface area contributed by atoms with E-state index in [0.29, 0.717) is 47.2 Å². The zero-order chi connectivity index (χ0) is 29.4. The number of carbonyl (C=O) groups is 1. The van der Waals surface area contributed by atoms with Crippen LogP contribution in [0.5, 0.6) is 5.88 Å². The van der Waals surface area contributed by atoms with Gasteiger partial charge in [0.05, 0.1) is 24.9 Å². The van der Waals surface area contributed by atoms with E-state index in [2.05, 4.69) is 32.7 Å². The Morgan fingerprint density at radius 1 is 1.17 bits per heavy atom. The number of ether oxygens (including phenoxy) is 1. The highest BCUT2D eigenvalue weighted by molar-refractivity contribution is 6.02. The summed E-state index contributed by atoms with van der Waals surface area (Å²) >= 11 is 0. The summed E-state index contributed by atoms with van der Waals surface area (Å²) in [6.45, 7) is 5.41. The smallest absolute Gasteiger partial charge is 0.251 e. The number of allylic oxidation sites excluding steroid dienone is 1. The monoisotopic (exact) mass is 576 g/mol. The van der Waals surface area contributed by atoms with Crippen molar-refractivity contribution in [2.24, 2.45) is 27.6 Å². The average molecular weight is 577 g/mol. The molecule has 5 heterocycles. The molecule has 4 aliphatic heterocycles. The van der Waals surface area contributed by atoms with Crippen molar-refractivity contribution in [3.63, 3.8) is 0 Å². The van der Waals surface area contributed by atoms with Gasteiger partial charge in [-0.25, -0.2) is 19.8 Å². The fourth-order valence-electron chi connectivity index (χ4n) is 6.65. The van der Waals surface area contributed by atoms with Gasteiger partial charge in [0, 0.05) is 55.5 Å². The number of fused-ring (bicyclic) bond motifs is 2. The van der Waals surface area contributed by atoms with Gasteiger partial charge in [-0.2, -0.15) is 0 Å². The van der Waals surface area contributed by atoms with Crippen LogP contribution in [0.15, 0.2) is 57.7 Å². The van der Waals surface area contributed by atoms with Crippen molar-refractivity contribution in [1.29, 1.82) is 0 Å². The third kappa shape index (κ3) is 5.68. The first-order valence-electron chi connectivity index (χ1n) is 14.3. The number of likely N-dealkylation sites (tertiary alicyclic amines) is 2. The number of methoxy groups -OCH3 is 1. The summed E-state index contributed by atoms with van der Waals surface area (Å²) in [4.78, 5) is 37.3. The van der Waals surface area contributed by atoms with Gasteiger partial charge in [-0.3, -0.25) is 14.6 Å². The topological polar surface area (TPSA) is 130 Å². The van der Waals surface area contributed by atoms with Crippen LogP contribution in [0.1, 0.15) is 31.4 Å². The van der Waals surface area contributed by atoms with Crippen molar-refractivity contribution in [3.05, 3.63) is 59.0 Å². The zero-order valence-corrected chi connectivity index (χ0v) is 24.1. The number of carbonyl (C=O) groups excluding carboxylic acids is 1. The van der Waals surface area contributed by atoms with Crippen LogP contribution in [0.2, 0.25) is 0 Å². The number of rotatable bonds is 6. The highest BCUT2D eigenvalue weighted by Gasteiger charge is 2.38. The van der Waals surface area contributed by atoms with Crippen LogP contribution in [0, 0.1) is 17.7 Å². The Hall–Kier alpha value is -4.03. The van der Waals surface area contributed by atoms with Crippen LogP contribution in [0.4, 0.5) is 4.39 Å². The number of benzene rings is 1. The number of nitrogens with one attached hydrogen (secondary N) is 2. The summed E-state index contributed by atoms with van der Waals surface area (Å²) in [6, 6.07) is 9.23. The molecule has 1 aromatic carbocycles. The van der Waals surface area contributed by atoms with Gasteiger partial charge in [0.15, 0.2) is 18.4 Å². The first kappa shape index (κ1) is 28.1. The van der Waals surface area contributed by atoms with E-state index in [9.17, 15) is 9.18 Å². The van der Waals surface area contributed by atoms with E-state index in [1.807, 2.05) is 24.0 Å². The summed E-state index contributed by atoms with van der Waals surface area (Å²) in [5.41, 5.74) is 12.6. The Balaban J connectivity index is 1.24. The molecule has 2 aromatic rings. The molecule has 4 N–H and O–H groups in total. The molecule has 1 amide bonds. The fourth-order valence-corrected chi connectivity index (χ4v) is 6.65. The molecule has 0 aliphatic carbocycles. The number of hydroxylamine groups is 1. The van der Waals surface area contributed by atoms with E-state index >= 15 is 0 Å². The highest BCUT2D eigenvalue weighted by Crippen LogP contribution is 2.39. The molecule has 42 heavy (non-hydrogen) atoms. The number of pyridine rings is 1. The van der Waals surface area contributed by atoms with E-state index in [0.717, 1.165) is 49.4 Å². The number of piperidine rings is 1. The predicted molar refractivity (Wildman–Crippen MR) is 157 cm³/mol. The minimum atomic E-state index is -0.412. The molecule has 1 aromatic heterocycles. The molecule has 0 bridgehead atoms. The molecule has 4 atom stereocenters. The molecule has 2 saturated heterocycles. The molecular formula is C30H37FN8O3. The average Bonchev–Trinajstić information content (AvgIpc) is 3.35. The number of hydrogen-bond donors (Lipinski definition) is 3. The number of aliphatic imine (C=N–C) groups is 2. The minimum Gasteiger partial charge on any atom is -0.481 e. The number of aromatic nitrogens is 1. The number of guanidine groups is 1. The first-order valence-corrected chi connectivity index (χ1v) is 14.3. The standard InChI is InChI=1S/C30H37FN8O3/c1-17-28-25(36-30(32)33-17)12-24(21-8-7-20(31)11-22(21)23-5-4-6-26(34-23)41-3)35-29(28)37-42-16-27(40)39-10-9-18-13-38(2)14-19(18)15-39/h4-8,11,18-19,24-25H,9-10,12-16H2,1-3H3,(H,35,37)(H3,32,33,36)/t18?,19?,24-,25?/m1/s1. The van der Waals surface area contributed by atoms with Gasteiger partial charge < -0.3 is 25.6 Å². The largest absolute Gasteiger partial charge is 0.481 e. The Labute approximate surface area is 244 Å². The second-order valence-electron chi connectivity index (χ2n) is 11.5. The molecule has 2 fully saturated rings. The van der Waals surface area contributed by atoms with Crippen molar-refractivity contribution >= 4 is 17.7 Å². The number of nitrogens with two attached hydrogens (primary N) is 1. The van der Waals surface area contributed by atoms with Gasteiger partial charge in [-0.05, 0) is 56.0 Å². The van der Waals surface area contributed by atoms with Gasteiger partial charge >= 0.3 is 0 Å². The quantitative estimate of drug-likeness (QED) is 0.447. The SMILES string of the molecule is COc1cccc(-c2cc(F)ccc2[C@H]2CC3N=C(N)NC(C)=C3C(NOCC(=O)N3CCC4CN(C)CC4C3)=N2)n1. The lowest BCUT2D eigenvalue weighted by molar-refractivity contribution is -0.139. The second kappa shape index (κ2) is 11.7. The van der Waals surface area contributed by atoms with E-state index in [1.54, 1.807) is 12.1 Å². The summed E-state index contributed by atoms with van der Waals surface area (Å²) in [7, 11) is 3.68. The third-order valence-corrected chi connectivity index (χ3v) is 8.62. The number of amides is 1. The zero-order valence-electron chi connectivity index (χ0n) is 24.1. The van der Waals surface area contributed by atoms with Crippen molar-refractivity contribution in [2.75, 3.05) is 46.9 Å². The Morgan fingerprint density at radius 3 is 2.83 bits per heavy atom. The molecule has 11 nitrogen and oxygen atoms in total. The van der Waals surface area contributed by atoms with Gasteiger partial charge in [-0.1, -0.05) is 12.1 Å². The second-order valence-corrected chi connectivity index (χ2v) is 11.5. The maximum atomic E-state index is 14.5. The van der Waals surface area contributed by atoms with Gasteiger partial charge in [0.25, 0.3) is 5.91 Å². The van der Waals surface area contributed by atoms with Crippen LogP contribution in [0.3, 0.4) is 0 Å². The molecule has 4 aliphatic rings. The summed E-state index contributed by atoms with van der Waals surface area (Å²) in [5, 5.41) is 3.07. The van der Waals surface area contributed by atoms with Crippen molar-refractivity contribution in [1.82, 2.24) is 25.6 Å². The normalized spacial score (nSPS) is 25.7. The molecule has 222 valence electrons. The fraction of sp³-hybridized carbons (Fsp3) is 0.467. The van der Waals surface area contributed by atoms with Crippen LogP contribution >= 0.6 is 0 Å². The molecule has 3 unspecified atom stereocenters. The Morgan fingerprint density at radius 2 is 2.00 bits per heavy atom. The van der Waals surface area contributed by atoms with E-state index in [4.69, 9.17) is 20.3 Å². The third-order valence-electron chi connectivity index (χ3n) is 8.62. The van der Waals surface area contributed by atoms with Crippen LogP contribution < -0.4 is 21.3 Å². The van der Waals surface area contributed by atoms with Gasteiger partial charge in [0.2, 0.25) is 5.88 Å². The van der Waals surface area contributed by atoms with E-state index in [1.165, 1.54) is 19.2 Å². The van der Waals surface area contributed by atoms with Crippen LogP contribution in [-0.2, 0) is 9.63 Å². The van der Waals surface area contributed by atoms with E-state index in [-0.39, 0.29) is 24.4 Å². The summed E-state index contributed by atoms with van der Waals surface area (Å²) in [6.07, 6.45) is 1.52. The molecule has 12 heteroatoms.